The van der Waals surface area contributed by atoms with Crippen LogP contribution in [0.2, 0.25) is 0 Å². The Kier molecular flexibility index (Phi) is 10.4. The van der Waals surface area contributed by atoms with Crippen molar-refractivity contribution in [1.29, 1.82) is 0 Å². The molecule has 0 fully saturated rings. The van der Waals surface area contributed by atoms with Gasteiger partial charge in [-0.3, -0.25) is 0 Å². The normalized spacial score (nSPS) is 7.70. The van der Waals surface area contributed by atoms with Crippen LogP contribution in [0, 0.1) is 7.43 Å². The van der Waals surface area contributed by atoms with Gasteiger partial charge in [0.1, 0.15) is 6.61 Å². The fraction of sp³-hybridized carbons (Fsp3) is 0.333. The third kappa shape index (κ3) is 7.52. The van der Waals surface area contributed by atoms with Crippen LogP contribution in [0.25, 0.3) is 0 Å². The molecule has 4 radical (unpaired) electrons. The first-order valence-electron chi connectivity index (χ1n) is 2.35. The number of carbonyl (C=O) groups is 1. The van der Waals surface area contributed by atoms with Gasteiger partial charge in [0.25, 0.3) is 0 Å². The van der Waals surface area contributed by atoms with Crippen molar-refractivity contribution in [2.75, 3.05) is 12.4 Å². The molecular weight excluding hydrogens is 152 g/mol. The largest absolute Gasteiger partial charge is 0.389 e. The average molecular weight is 160 g/mol. The fourth-order valence-electron chi connectivity index (χ4n) is 0.174. The van der Waals surface area contributed by atoms with E-state index in [4.69, 9.17) is 5.11 Å². The topological polar surface area (TPSA) is 46.5 Å². The molecule has 3 nitrogen and oxygen atoms in total. The summed E-state index contributed by atoms with van der Waals surface area (Å²) >= 11 is 0.958. The summed E-state index contributed by atoms with van der Waals surface area (Å²) in [4.78, 5) is 10.2. The zero-order valence-corrected chi connectivity index (χ0v) is 6.19. The van der Waals surface area contributed by atoms with E-state index < -0.39 is 12.6 Å². The number of hydrogen-bond donors (Lipinski definition) is 1. The zero-order valence-electron chi connectivity index (χ0n) is 5.37. The minimum Gasteiger partial charge on any atom is -0.389 e. The summed E-state index contributed by atoms with van der Waals surface area (Å²) in [7, 11) is 0. The van der Waals surface area contributed by atoms with Gasteiger partial charge in [0.05, 0.1) is 12.0 Å². The number of carbonyl (C=O) groups excluding carboxylic acids is 1. The maximum absolute atomic E-state index is 10.2. The van der Waals surface area contributed by atoms with Gasteiger partial charge < -0.3 is 9.29 Å². The zero-order chi connectivity index (χ0) is 7.11. The lowest BCUT2D eigenvalue weighted by atomic mass is 10.8. The van der Waals surface area contributed by atoms with Crippen LogP contribution in [0.1, 0.15) is 0 Å². The van der Waals surface area contributed by atoms with E-state index in [-0.39, 0.29) is 7.43 Å². The Morgan fingerprint density at radius 2 is 2.40 bits per heavy atom. The monoisotopic (exact) mass is 160 g/mol. The van der Waals surface area contributed by atoms with Crippen molar-refractivity contribution in [2.45, 2.75) is 0 Å². The highest BCUT2D eigenvalue weighted by Gasteiger charge is 1.96. The number of aliphatic hydroxyl groups is 1. The quantitative estimate of drug-likeness (QED) is 0.368. The minimum absolute atomic E-state index is 0. The molecule has 0 rings (SSSR count). The molecule has 0 spiro atoms. The van der Waals surface area contributed by atoms with Crippen molar-refractivity contribution >= 4 is 18.0 Å². The van der Waals surface area contributed by atoms with Crippen LogP contribution in [-0.4, -0.2) is 23.4 Å². The molecule has 56 valence electrons. The molecule has 0 aliphatic carbocycles. The van der Waals surface area contributed by atoms with E-state index in [2.05, 4.69) is 10.8 Å². The highest BCUT2D eigenvalue weighted by Crippen LogP contribution is 2.01. The molecule has 0 heterocycles. The molecule has 0 atom stereocenters. The summed E-state index contributed by atoms with van der Waals surface area (Å²) in [6.07, 6.45) is 1.61. The van der Waals surface area contributed by atoms with Crippen molar-refractivity contribution in [2.24, 2.45) is 0 Å². The second-order valence-electron chi connectivity index (χ2n) is 1.19. The van der Waals surface area contributed by atoms with Crippen molar-refractivity contribution in [3.63, 3.8) is 0 Å². The summed E-state index contributed by atoms with van der Waals surface area (Å²) in [5.74, 6) is -0.0759. The Morgan fingerprint density at radius 3 is 2.80 bits per heavy atom. The maximum atomic E-state index is 10.2. The number of aliphatic hydroxyl groups excluding tert-OH is 1. The number of hydrogen-bond acceptors (Lipinski definition) is 4. The Morgan fingerprint density at radius 1 is 1.80 bits per heavy atom. The van der Waals surface area contributed by atoms with E-state index in [1.54, 1.807) is 6.08 Å². The van der Waals surface area contributed by atoms with Gasteiger partial charge in [-0.1, -0.05) is 6.08 Å². The molecule has 0 saturated heterocycles. The Labute approximate surface area is 65.3 Å². The average Bonchev–Trinajstić information content (AvgIpc) is 1.89. The predicted octanol–water partition coefficient (Wildman–Crippen LogP) is 0.437. The lowest BCUT2D eigenvalue weighted by molar-refractivity contribution is -0.136. The van der Waals surface area contributed by atoms with E-state index in [0.717, 1.165) is 12.0 Å². The van der Waals surface area contributed by atoms with E-state index in [0.29, 0.717) is 5.75 Å². The predicted molar refractivity (Wildman–Crippen MR) is 39.1 cm³/mol. The van der Waals surface area contributed by atoms with Crippen LogP contribution in [0.5, 0.6) is 0 Å². The van der Waals surface area contributed by atoms with Gasteiger partial charge in [0.15, 0.2) is 0 Å². The second-order valence-corrected chi connectivity index (χ2v) is 1.92. The Bertz CT molecular complexity index is 103. The van der Waals surface area contributed by atoms with E-state index in [1.807, 2.05) is 0 Å². The van der Waals surface area contributed by atoms with Crippen LogP contribution in [0.15, 0.2) is 12.7 Å². The van der Waals surface area contributed by atoms with Gasteiger partial charge in [-0.15, -0.1) is 6.58 Å². The lowest BCUT2D eigenvalue weighted by Crippen LogP contribution is -2.03. The second kappa shape index (κ2) is 8.52. The Balaban J connectivity index is 0. The molecule has 0 aromatic heterocycles. The van der Waals surface area contributed by atoms with Crippen molar-refractivity contribution in [3.8, 4) is 0 Å². The third-order valence-electron chi connectivity index (χ3n) is 0.467. The molecule has 0 aliphatic heterocycles. The van der Waals surface area contributed by atoms with Gasteiger partial charge in [-0.25, -0.2) is 4.79 Å². The van der Waals surface area contributed by atoms with Crippen LogP contribution in [0.4, 0.5) is 0 Å². The molecule has 10 heavy (non-hydrogen) atoms. The van der Waals surface area contributed by atoms with Crippen LogP contribution in [0.3, 0.4) is 0 Å². The summed E-state index contributed by atoms with van der Waals surface area (Å²) in [5, 5.41) is 8.12. The molecule has 0 aliphatic rings. The molecular formula is C6H8O3S. The molecule has 0 aromatic carbocycles. The molecule has 1 N–H and O–H groups in total. The van der Waals surface area contributed by atoms with Crippen LogP contribution < -0.4 is 0 Å². The smallest absolute Gasteiger partial charge is 0.343 e. The minimum atomic E-state index is -0.623. The maximum Gasteiger partial charge on any atom is 0.343 e. The summed E-state index contributed by atoms with van der Waals surface area (Å²) < 4.78 is 4.39. The molecule has 0 aromatic rings. The molecule has 0 unspecified atom stereocenters. The molecule has 4 heteroatoms. The van der Waals surface area contributed by atoms with Crippen molar-refractivity contribution in [3.05, 3.63) is 20.1 Å². The molecule has 0 amide bonds. The van der Waals surface area contributed by atoms with Crippen LogP contribution in [-0.2, 0) is 8.98 Å². The van der Waals surface area contributed by atoms with E-state index >= 15 is 0 Å². The van der Waals surface area contributed by atoms with E-state index in [9.17, 15) is 4.79 Å². The standard InChI is InChI=1S/C5H8O3S.C/c1-2-3-9-8-5(7)4-6;/h2,6H,1,3-4H2;. The van der Waals surface area contributed by atoms with Gasteiger partial charge in [0.2, 0.25) is 0 Å². The summed E-state index contributed by atoms with van der Waals surface area (Å²) in [5.41, 5.74) is 0. The SMILES string of the molecule is C=CCSOC(=O)CO.[C]. The van der Waals surface area contributed by atoms with E-state index in [1.165, 1.54) is 0 Å². The summed E-state index contributed by atoms with van der Waals surface area (Å²) in [6, 6.07) is 0. The van der Waals surface area contributed by atoms with Crippen molar-refractivity contribution < 1.29 is 14.1 Å². The van der Waals surface area contributed by atoms with Gasteiger partial charge in [0, 0.05) is 13.2 Å². The van der Waals surface area contributed by atoms with Gasteiger partial charge in [-0.2, -0.15) is 0 Å². The van der Waals surface area contributed by atoms with Crippen molar-refractivity contribution in [1.82, 2.24) is 0 Å². The van der Waals surface area contributed by atoms with Gasteiger partial charge >= 0.3 is 5.97 Å². The lowest BCUT2D eigenvalue weighted by Gasteiger charge is -1.94. The molecule has 0 bridgehead atoms. The summed E-state index contributed by atoms with van der Waals surface area (Å²) in [6.45, 7) is 2.84. The third-order valence-corrected chi connectivity index (χ3v) is 1.14. The first-order chi connectivity index (χ1) is 4.31. The fourth-order valence-corrected chi connectivity index (χ4v) is 0.523. The Hall–Kier alpha value is -0.480. The molecule has 0 saturated carbocycles. The van der Waals surface area contributed by atoms with Crippen LogP contribution >= 0.6 is 12.0 Å². The first kappa shape index (κ1) is 12.2. The number of rotatable bonds is 4. The highest BCUT2D eigenvalue weighted by atomic mass is 32.2. The first-order valence-corrected chi connectivity index (χ1v) is 3.26. The highest BCUT2D eigenvalue weighted by molar-refractivity contribution is 7.95. The van der Waals surface area contributed by atoms with Gasteiger partial charge in [-0.05, 0) is 0 Å².